The predicted octanol–water partition coefficient (Wildman–Crippen LogP) is 2.71. The van der Waals surface area contributed by atoms with Gasteiger partial charge in [0.25, 0.3) is 0 Å². The number of benzene rings is 1. The molecule has 1 aliphatic heterocycles. The zero-order valence-electron chi connectivity index (χ0n) is 17.4. The summed E-state index contributed by atoms with van der Waals surface area (Å²) in [5, 5.41) is 7.77. The number of rotatable bonds is 7. The number of fused-ring (bicyclic) bond motifs is 1. The smallest absolute Gasteiger partial charge is 0.237 e. The predicted molar refractivity (Wildman–Crippen MR) is 114 cm³/mol. The van der Waals surface area contributed by atoms with Crippen molar-refractivity contribution in [1.29, 1.82) is 0 Å². The molecule has 6 nitrogen and oxygen atoms in total. The topological polar surface area (TPSA) is 66.5 Å². The maximum Gasteiger partial charge on any atom is 0.237 e. The molecular formula is C22H32N4O2. The van der Waals surface area contributed by atoms with Gasteiger partial charge in [0.15, 0.2) is 0 Å². The van der Waals surface area contributed by atoms with Crippen molar-refractivity contribution in [2.24, 2.45) is 5.92 Å². The van der Waals surface area contributed by atoms with E-state index in [2.05, 4.69) is 36.6 Å². The summed E-state index contributed by atoms with van der Waals surface area (Å²) in [6.07, 6.45) is 1.91. The van der Waals surface area contributed by atoms with Crippen LogP contribution in [0.4, 0.5) is 5.82 Å². The number of hydrogen-bond acceptors (Lipinski definition) is 5. The van der Waals surface area contributed by atoms with Crippen molar-refractivity contribution in [2.75, 3.05) is 32.2 Å². The second kappa shape index (κ2) is 9.34. The number of anilines is 1. The number of aromatic nitrogens is 1. The van der Waals surface area contributed by atoms with Gasteiger partial charge in [-0.15, -0.1) is 0 Å². The fourth-order valence-corrected chi connectivity index (χ4v) is 3.59. The number of para-hydroxylation sites is 1. The van der Waals surface area contributed by atoms with Crippen LogP contribution in [0.3, 0.4) is 0 Å². The van der Waals surface area contributed by atoms with Crippen molar-refractivity contribution in [2.45, 2.75) is 45.3 Å². The highest BCUT2D eigenvalue weighted by molar-refractivity contribution is 5.86. The van der Waals surface area contributed by atoms with E-state index in [1.807, 2.05) is 37.2 Å². The molecule has 1 saturated heterocycles. The van der Waals surface area contributed by atoms with Crippen LogP contribution in [0.15, 0.2) is 30.3 Å². The number of carbonyl (C=O) groups is 1. The Hall–Kier alpha value is -2.18. The second-order valence-electron chi connectivity index (χ2n) is 8.04. The Bertz CT molecular complexity index is 800. The van der Waals surface area contributed by atoms with E-state index in [0.29, 0.717) is 12.6 Å². The van der Waals surface area contributed by atoms with E-state index < -0.39 is 0 Å². The molecule has 152 valence electrons. The summed E-state index contributed by atoms with van der Waals surface area (Å²) in [5.74, 6) is 1.16. The first-order valence-corrected chi connectivity index (χ1v) is 10.1. The lowest BCUT2D eigenvalue weighted by Gasteiger charge is -2.30. The largest absolute Gasteiger partial charge is 0.381 e. The van der Waals surface area contributed by atoms with Gasteiger partial charge in [-0.05, 0) is 36.5 Å². The van der Waals surface area contributed by atoms with Gasteiger partial charge in [-0.25, -0.2) is 4.98 Å². The summed E-state index contributed by atoms with van der Waals surface area (Å²) >= 11 is 0. The standard InChI is InChI=1S/C22H32N4O2/c1-15(2)21(24-17-9-11-28-12-10-17)22(27)23-14-16-13-20(26(3)4)25-19-8-6-5-7-18(16)19/h5-8,13,15,17,21,24H,9-12,14H2,1-4H3,(H,23,27). The van der Waals surface area contributed by atoms with E-state index in [1.54, 1.807) is 0 Å². The van der Waals surface area contributed by atoms with Gasteiger partial charge in [0, 0.05) is 45.3 Å². The first-order valence-electron chi connectivity index (χ1n) is 10.1. The van der Waals surface area contributed by atoms with E-state index in [-0.39, 0.29) is 17.9 Å². The third-order valence-corrected chi connectivity index (χ3v) is 5.29. The second-order valence-corrected chi connectivity index (χ2v) is 8.04. The van der Waals surface area contributed by atoms with Gasteiger partial charge in [-0.2, -0.15) is 0 Å². The number of pyridine rings is 1. The highest BCUT2D eigenvalue weighted by Gasteiger charge is 2.26. The van der Waals surface area contributed by atoms with Crippen LogP contribution in [0.25, 0.3) is 10.9 Å². The summed E-state index contributed by atoms with van der Waals surface area (Å²) in [6, 6.07) is 10.3. The molecule has 3 rings (SSSR count). The molecule has 2 aromatic rings. The Morgan fingerprint density at radius 1 is 1.25 bits per heavy atom. The average Bonchev–Trinajstić information content (AvgIpc) is 2.70. The zero-order chi connectivity index (χ0) is 20.1. The summed E-state index contributed by atoms with van der Waals surface area (Å²) in [5.41, 5.74) is 2.02. The van der Waals surface area contributed by atoms with Crippen LogP contribution in [0.1, 0.15) is 32.3 Å². The molecular weight excluding hydrogens is 352 g/mol. The molecule has 1 unspecified atom stereocenters. The van der Waals surface area contributed by atoms with Crippen LogP contribution in [0.5, 0.6) is 0 Å². The minimum Gasteiger partial charge on any atom is -0.381 e. The van der Waals surface area contributed by atoms with E-state index in [1.165, 1.54) is 0 Å². The lowest BCUT2D eigenvalue weighted by atomic mass is 9.99. The maximum atomic E-state index is 13.0. The van der Waals surface area contributed by atoms with Crippen molar-refractivity contribution >= 4 is 22.6 Å². The molecule has 6 heteroatoms. The molecule has 1 fully saturated rings. The third-order valence-electron chi connectivity index (χ3n) is 5.29. The highest BCUT2D eigenvalue weighted by Crippen LogP contribution is 2.22. The minimum absolute atomic E-state index is 0.0498. The highest BCUT2D eigenvalue weighted by atomic mass is 16.5. The molecule has 0 bridgehead atoms. The SMILES string of the molecule is CC(C)C(NC1CCOCC1)C(=O)NCc1cc(N(C)C)nc2ccccc12. The van der Waals surface area contributed by atoms with Crippen LogP contribution in [0, 0.1) is 5.92 Å². The molecule has 2 N–H and O–H groups in total. The van der Waals surface area contributed by atoms with Crippen molar-refractivity contribution in [1.82, 2.24) is 15.6 Å². The maximum absolute atomic E-state index is 13.0. The number of amides is 1. The van der Waals surface area contributed by atoms with Crippen molar-refractivity contribution in [3.63, 3.8) is 0 Å². The molecule has 2 heterocycles. The quantitative estimate of drug-likeness (QED) is 0.768. The van der Waals surface area contributed by atoms with Crippen LogP contribution < -0.4 is 15.5 Å². The van der Waals surface area contributed by atoms with Crippen molar-refractivity contribution < 1.29 is 9.53 Å². The summed E-state index contributed by atoms with van der Waals surface area (Å²) in [7, 11) is 3.96. The molecule has 1 aromatic carbocycles. The fourth-order valence-electron chi connectivity index (χ4n) is 3.59. The van der Waals surface area contributed by atoms with Gasteiger partial charge in [0.2, 0.25) is 5.91 Å². The lowest BCUT2D eigenvalue weighted by molar-refractivity contribution is -0.124. The van der Waals surface area contributed by atoms with Gasteiger partial charge in [-0.1, -0.05) is 32.0 Å². The zero-order valence-corrected chi connectivity index (χ0v) is 17.4. The van der Waals surface area contributed by atoms with Crippen LogP contribution >= 0.6 is 0 Å². The van der Waals surface area contributed by atoms with Crippen LogP contribution in [-0.2, 0) is 16.1 Å². The van der Waals surface area contributed by atoms with Crippen molar-refractivity contribution in [3.05, 3.63) is 35.9 Å². The minimum atomic E-state index is -0.204. The Morgan fingerprint density at radius 2 is 1.96 bits per heavy atom. The third kappa shape index (κ3) is 5.00. The first kappa shape index (κ1) is 20.6. The summed E-state index contributed by atoms with van der Waals surface area (Å²) < 4.78 is 5.43. The van der Waals surface area contributed by atoms with Gasteiger partial charge < -0.3 is 20.3 Å². The molecule has 0 spiro atoms. The van der Waals surface area contributed by atoms with Gasteiger partial charge in [-0.3, -0.25) is 4.79 Å². The number of hydrogen-bond donors (Lipinski definition) is 2. The van der Waals surface area contributed by atoms with Gasteiger partial charge in [0.05, 0.1) is 11.6 Å². The van der Waals surface area contributed by atoms with Gasteiger partial charge in [0.1, 0.15) is 5.82 Å². The Balaban J connectivity index is 1.73. The van der Waals surface area contributed by atoms with E-state index >= 15 is 0 Å². The number of nitrogens with one attached hydrogen (secondary N) is 2. The number of ether oxygens (including phenoxy) is 1. The normalized spacial score (nSPS) is 16.3. The Kier molecular flexibility index (Phi) is 6.86. The molecule has 0 radical (unpaired) electrons. The Labute approximate surface area is 167 Å². The molecule has 0 saturated carbocycles. The van der Waals surface area contributed by atoms with Crippen LogP contribution in [0.2, 0.25) is 0 Å². The van der Waals surface area contributed by atoms with Gasteiger partial charge >= 0.3 is 0 Å². The lowest BCUT2D eigenvalue weighted by Crippen LogP contribution is -2.52. The van der Waals surface area contributed by atoms with E-state index in [0.717, 1.165) is 48.3 Å². The van der Waals surface area contributed by atoms with Crippen LogP contribution in [-0.4, -0.2) is 50.3 Å². The molecule has 1 atom stereocenters. The fraction of sp³-hybridized carbons (Fsp3) is 0.545. The molecule has 1 amide bonds. The van der Waals surface area contributed by atoms with E-state index in [9.17, 15) is 4.79 Å². The monoisotopic (exact) mass is 384 g/mol. The number of carbonyl (C=O) groups excluding carboxylic acids is 1. The summed E-state index contributed by atoms with van der Waals surface area (Å²) in [4.78, 5) is 19.6. The first-order chi connectivity index (χ1) is 13.5. The van der Waals surface area contributed by atoms with Crippen molar-refractivity contribution in [3.8, 4) is 0 Å². The van der Waals surface area contributed by atoms with E-state index in [4.69, 9.17) is 9.72 Å². The summed E-state index contributed by atoms with van der Waals surface area (Å²) in [6.45, 7) is 6.19. The Morgan fingerprint density at radius 3 is 2.64 bits per heavy atom. The molecule has 0 aliphatic carbocycles. The molecule has 1 aliphatic rings. The average molecular weight is 385 g/mol. The number of nitrogens with zero attached hydrogens (tertiary/aromatic N) is 2. The molecule has 28 heavy (non-hydrogen) atoms. The molecule has 1 aromatic heterocycles.